The van der Waals surface area contributed by atoms with Gasteiger partial charge in [0.15, 0.2) is 30.6 Å². The second-order valence-electron chi connectivity index (χ2n) is 7.17. The van der Waals surface area contributed by atoms with Crippen LogP contribution in [0.4, 0.5) is 0 Å². The molecule has 6 atom stereocenters. The number of carbonyl (C=O) groups excluding carboxylic acids is 4. The first-order valence-corrected chi connectivity index (χ1v) is 10.4. The monoisotopic (exact) mass is 522 g/mol. The molecule has 1 saturated heterocycles. The molecule has 0 aromatic rings. The van der Waals surface area contributed by atoms with Crippen molar-refractivity contribution in [3.8, 4) is 0 Å². The van der Waals surface area contributed by atoms with Gasteiger partial charge in [-0.3, -0.25) is 34.1 Å². The molecule has 15 nitrogen and oxygen atoms in total. The van der Waals surface area contributed by atoms with Gasteiger partial charge in [0, 0.05) is 27.7 Å². The first kappa shape index (κ1) is 29.7. The molecule has 1 heterocycles. The zero-order valence-electron chi connectivity index (χ0n) is 19.2. The van der Waals surface area contributed by atoms with E-state index in [-0.39, 0.29) is 0 Å². The van der Waals surface area contributed by atoms with Gasteiger partial charge in [0.05, 0.1) is 6.54 Å². The van der Waals surface area contributed by atoms with Gasteiger partial charge in [-0.2, -0.15) is 0 Å². The van der Waals surface area contributed by atoms with Crippen LogP contribution >= 0.6 is 12.2 Å². The third-order valence-corrected chi connectivity index (χ3v) is 4.60. The van der Waals surface area contributed by atoms with E-state index in [1.165, 1.54) is 0 Å². The highest BCUT2D eigenvalue weighted by atomic mass is 32.1. The molecule has 0 spiro atoms. The van der Waals surface area contributed by atoms with Crippen molar-refractivity contribution in [2.75, 3.05) is 13.2 Å². The van der Waals surface area contributed by atoms with Crippen molar-refractivity contribution in [3.63, 3.8) is 0 Å². The van der Waals surface area contributed by atoms with Crippen LogP contribution in [0.1, 0.15) is 27.7 Å². The average Bonchev–Trinajstić information content (AvgIpc) is 2.69. The standard InChI is InChI=1S/C19H26N2O13S/c1-7(22)30-6-11-14(31-8(2)23)15(32-9(3)24)16(33-10(4)25)17(34-11)21-18(35)13(19(28)29)20-5-12(26)27/h11,13-17,20H,5-6H2,1-4H3,(H,21,35)(H,26,27)(H,28,29)/t11-,13?,14+,15+,16-,17?/m1/s1. The topological polar surface area (TPSA) is 213 Å². The van der Waals surface area contributed by atoms with Gasteiger partial charge >= 0.3 is 35.8 Å². The molecule has 196 valence electrons. The molecule has 0 amide bonds. The van der Waals surface area contributed by atoms with Crippen molar-refractivity contribution in [1.82, 2.24) is 10.6 Å². The Balaban J connectivity index is 3.39. The van der Waals surface area contributed by atoms with Crippen LogP contribution in [0.5, 0.6) is 0 Å². The second kappa shape index (κ2) is 13.5. The smallest absolute Gasteiger partial charge is 0.327 e. The molecule has 0 aliphatic carbocycles. The lowest BCUT2D eigenvalue weighted by molar-refractivity contribution is -0.254. The number of carboxylic acids is 2. The number of hydrogen-bond acceptors (Lipinski definition) is 13. The maximum Gasteiger partial charge on any atom is 0.327 e. The SMILES string of the molecule is CC(=O)OC[C@H]1OC(NC(=S)C(NCC(=O)O)C(=O)O)[C@H](OC(C)=O)[C@@H](OC(C)=O)[C@H]1OC(C)=O. The summed E-state index contributed by atoms with van der Waals surface area (Å²) in [7, 11) is 0. The Kier molecular flexibility index (Phi) is 11.4. The minimum atomic E-state index is -1.70. The molecule has 1 aliphatic heterocycles. The Morgan fingerprint density at radius 1 is 0.857 bits per heavy atom. The van der Waals surface area contributed by atoms with E-state index in [9.17, 15) is 33.9 Å². The molecule has 0 saturated carbocycles. The number of carboxylic acid groups (broad SMARTS) is 2. The zero-order valence-corrected chi connectivity index (χ0v) is 20.0. The summed E-state index contributed by atoms with van der Waals surface area (Å²) in [6, 6.07) is -1.70. The number of nitrogens with one attached hydrogen (secondary N) is 2. The summed E-state index contributed by atoms with van der Waals surface area (Å²) in [6.07, 6.45) is -7.22. The second-order valence-corrected chi connectivity index (χ2v) is 7.61. The Bertz CT molecular complexity index is 864. The van der Waals surface area contributed by atoms with Gasteiger partial charge in [0.1, 0.15) is 17.7 Å². The maximum absolute atomic E-state index is 11.8. The summed E-state index contributed by atoms with van der Waals surface area (Å²) in [5.74, 6) is -6.15. The van der Waals surface area contributed by atoms with E-state index in [4.69, 9.17) is 41.0 Å². The van der Waals surface area contributed by atoms with Crippen LogP contribution < -0.4 is 10.6 Å². The Hall–Kier alpha value is -3.37. The predicted molar refractivity (Wildman–Crippen MR) is 115 cm³/mol. The fourth-order valence-corrected chi connectivity index (χ4v) is 3.35. The van der Waals surface area contributed by atoms with Crippen LogP contribution in [0.2, 0.25) is 0 Å². The summed E-state index contributed by atoms with van der Waals surface area (Å²) < 4.78 is 26.3. The van der Waals surface area contributed by atoms with E-state index in [2.05, 4.69) is 10.6 Å². The molecule has 1 fully saturated rings. The van der Waals surface area contributed by atoms with Gasteiger partial charge in [-0.1, -0.05) is 12.2 Å². The number of rotatable bonds is 11. The van der Waals surface area contributed by atoms with E-state index in [0.29, 0.717) is 0 Å². The molecule has 0 radical (unpaired) electrons. The van der Waals surface area contributed by atoms with Gasteiger partial charge in [0.25, 0.3) is 0 Å². The van der Waals surface area contributed by atoms with Crippen LogP contribution in [-0.2, 0) is 52.5 Å². The molecule has 0 aromatic heterocycles. The van der Waals surface area contributed by atoms with Crippen molar-refractivity contribution in [2.45, 2.75) is 64.4 Å². The lowest BCUT2D eigenvalue weighted by atomic mass is 9.97. The van der Waals surface area contributed by atoms with Crippen molar-refractivity contribution in [3.05, 3.63) is 0 Å². The van der Waals surface area contributed by atoms with Gasteiger partial charge < -0.3 is 39.2 Å². The van der Waals surface area contributed by atoms with Crippen molar-refractivity contribution in [2.24, 2.45) is 0 Å². The zero-order chi connectivity index (χ0) is 26.9. The Morgan fingerprint density at radius 2 is 1.37 bits per heavy atom. The summed E-state index contributed by atoms with van der Waals surface area (Å²) in [5.41, 5.74) is 0. The molecular formula is C19H26N2O13S. The van der Waals surface area contributed by atoms with Crippen LogP contribution in [-0.4, -0.2) is 101 Å². The minimum Gasteiger partial charge on any atom is -0.480 e. The average molecular weight is 522 g/mol. The fraction of sp³-hybridized carbons (Fsp3) is 0.632. The van der Waals surface area contributed by atoms with Crippen LogP contribution in [0.25, 0.3) is 0 Å². The van der Waals surface area contributed by atoms with Crippen LogP contribution in [0.15, 0.2) is 0 Å². The van der Waals surface area contributed by atoms with E-state index in [1.807, 2.05) is 0 Å². The fourth-order valence-electron chi connectivity index (χ4n) is 3.05. The predicted octanol–water partition coefficient (Wildman–Crippen LogP) is -1.89. The molecule has 0 bridgehead atoms. The molecule has 0 aromatic carbocycles. The summed E-state index contributed by atoms with van der Waals surface area (Å²) >= 11 is 5.08. The third-order valence-electron chi connectivity index (χ3n) is 4.24. The summed E-state index contributed by atoms with van der Waals surface area (Å²) in [4.78, 5) is 68.6. The van der Waals surface area contributed by atoms with Gasteiger partial charge in [-0.05, 0) is 0 Å². The third kappa shape index (κ3) is 9.79. The van der Waals surface area contributed by atoms with E-state index >= 15 is 0 Å². The van der Waals surface area contributed by atoms with Gasteiger partial charge in [-0.25, -0.2) is 0 Å². The molecule has 4 N–H and O–H groups in total. The molecular weight excluding hydrogens is 496 g/mol. The number of aliphatic carboxylic acids is 2. The molecule has 16 heteroatoms. The normalized spacial score (nSPS) is 24.3. The highest BCUT2D eigenvalue weighted by molar-refractivity contribution is 7.80. The largest absolute Gasteiger partial charge is 0.480 e. The molecule has 2 unspecified atom stereocenters. The van der Waals surface area contributed by atoms with Crippen LogP contribution in [0.3, 0.4) is 0 Å². The number of hydrogen-bond donors (Lipinski definition) is 4. The van der Waals surface area contributed by atoms with Crippen molar-refractivity contribution >= 4 is 53.0 Å². The lowest BCUT2D eigenvalue weighted by Gasteiger charge is -2.44. The highest BCUT2D eigenvalue weighted by Gasteiger charge is 2.52. The maximum atomic E-state index is 11.8. The van der Waals surface area contributed by atoms with Crippen LogP contribution in [0, 0.1) is 0 Å². The molecule has 35 heavy (non-hydrogen) atoms. The van der Waals surface area contributed by atoms with Gasteiger partial charge in [-0.15, -0.1) is 0 Å². The number of thiocarbonyl (C=S) groups is 1. The van der Waals surface area contributed by atoms with Gasteiger partial charge in [0.2, 0.25) is 0 Å². The lowest BCUT2D eigenvalue weighted by Crippen LogP contribution is -2.67. The number of esters is 4. The van der Waals surface area contributed by atoms with Crippen molar-refractivity contribution < 1.29 is 62.7 Å². The summed E-state index contributed by atoms with van der Waals surface area (Å²) in [5, 5.41) is 22.9. The summed E-state index contributed by atoms with van der Waals surface area (Å²) in [6.45, 7) is 2.97. The Labute approximate surface area is 204 Å². The number of carbonyl (C=O) groups is 6. The van der Waals surface area contributed by atoms with E-state index < -0.39 is 90.6 Å². The quantitative estimate of drug-likeness (QED) is 0.133. The molecule has 1 aliphatic rings. The first-order valence-electron chi connectivity index (χ1n) is 10.0. The first-order chi connectivity index (χ1) is 16.2. The number of ether oxygens (including phenoxy) is 5. The highest BCUT2D eigenvalue weighted by Crippen LogP contribution is 2.28. The van der Waals surface area contributed by atoms with E-state index in [1.54, 1.807) is 0 Å². The van der Waals surface area contributed by atoms with E-state index in [0.717, 1.165) is 27.7 Å². The minimum absolute atomic E-state index is 0.473. The molecule has 1 rings (SSSR count). The Morgan fingerprint density at radius 3 is 1.83 bits per heavy atom. The van der Waals surface area contributed by atoms with Crippen molar-refractivity contribution in [1.29, 1.82) is 0 Å².